The molecule has 1 amide bonds. The third-order valence-corrected chi connectivity index (χ3v) is 4.56. The van der Waals surface area contributed by atoms with Crippen molar-refractivity contribution in [3.05, 3.63) is 17.5 Å². The third-order valence-electron chi connectivity index (χ3n) is 3.72. The number of hydrogen-bond acceptors (Lipinski definition) is 5. The van der Waals surface area contributed by atoms with E-state index < -0.39 is 0 Å². The lowest BCUT2D eigenvalue weighted by Gasteiger charge is -2.26. The van der Waals surface area contributed by atoms with Crippen LogP contribution in [0.1, 0.15) is 37.1 Å². The van der Waals surface area contributed by atoms with E-state index in [2.05, 4.69) is 20.2 Å². The number of aryl methyl sites for hydroxylation is 2. The first-order valence-corrected chi connectivity index (χ1v) is 9.06. The molecule has 1 aromatic rings. The van der Waals surface area contributed by atoms with Gasteiger partial charge < -0.3 is 10.2 Å². The van der Waals surface area contributed by atoms with Crippen molar-refractivity contribution in [3.63, 3.8) is 0 Å². The first kappa shape index (κ1) is 17.2. The van der Waals surface area contributed by atoms with Crippen LogP contribution in [0.4, 0.5) is 0 Å². The molecule has 5 nitrogen and oxygen atoms in total. The van der Waals surface area contributed by atoms with Crippen molar-refractivity contribution in [2.75, 3.05) is 31.9 Å². The Morgan fingerprint density at radius 3 is 2.59 bits per heavy atom. The molecule has 0 unspecified atom stereocenters. The average molecular weight is 322 g/mol. The van der Waals surface area contributed by atoms with Gasteiger partial charge in [-0.05, 0) is 58.8 Å². The fourth-order valence-corrected chi connectivity index (χ4v) is 3.43. The van der Waals surface area contributed by atoms with Crippen LogP contribution in [0, 0.1) is 13.8 Å². The molecule has 22 heavy (non-hydrogen) atoms. The van der Waals surface area contributed by atoms with Crippen molar-refractivity contribution in [3.8, 4) is 0 Å². The molecule has 1 saturated heterocycles. The van der Waals surface area contributed by atoms with Gasteiger partial charge in [0.25, 0.3) is 0 Å². The predicted molar refractivity (Wildman–Crippen MR) is 90.1 cm³/mol. The summed E-state index contributed by atoms with van der Waals surface area (Å²) >= 11 is 1.40. The summed E-state index contributed by atoms with van der Waals surface area (Å²) in [5, 5.41) is 3.66. The lowest BCUT2D eigenvalue weighted by atomic mass is 10.1. The van der Waals surface area contributed by atoms with Crippen LogP contribution in [0.15, 0.2) is 11.2 Å². The fourth-order valence-electron chi connectivity index (χ4n) is 2.65. The van der Waals surface area contributed by atoms with Gasteiger partial charge in [0.2, 0.25) is 5.91 Å². The van der Waals surface area contributed by atoms with Crippen LogP contribution in [-0.4, -0.2) is 52.7 Å². The van der Waals surface area contributed by atoms with Gasteiger partial charge in [-0.3, -0.25) is 4.79 Å². The maximum atomic E-state index is 11.8. The van der Waals surface area contributed by atoms with Crippen LogP contribution in [-0.2, 0) is 4.79 Å². The number of aromatic nitrogens is 2. The molecule has 0 radical (unpaired) electrons. The molecule has 0 bridgehead atoms. The molecule has 1 aromatic heterocycles. The van der Waals surface area contributed by atoms with Crippen LogP contribution in [0.3, 0.4) is 0 Å². The number of nitrogens with zero attached hydrogens (tertiary/aromatic N) is 3. The van der Waals surface area contributed by atoms with E-state index in [4.69, 9.17) is 0 Å². The third kappa shape index (κ3) is 6.32. The van der Waals surface area contributed by atoms with Gasteiger partial charge in [0.1, 0.15) is 0 Å². The molecule has 1 aliphatic heterocycles. The summed E-state index contributed by atoms with van der Waals surface area (Å²) < 4.78 is 0. The van der Waals surface area contributed by atoms with Crippen LogP contribution in [0.25, 0.3) is 0 Å². The topological polar surface area (TPSA) is 58.1 Å². The second kappa shape index (κ2) is 9.10. The molecular formula is C16H26N4OS. The van der Waals surface area contributed by atoms with Gasteiger partial charge in [-0.1, -0.05) is 18.2 Å². The first-order valence-electron chi connectivity index (χ1n) is 8.07. The molecule has 0 saturated carbocycles. The molecule has 0 aliphatic carbocycles. The van der Waals surface area contributed by atoms with E-state index in [1.165, 1.54) is 44.1 Å². The number of hydrogen-bond donors (Lipinski definition) is 1. The van der Waals surface area contributed by atoms with E-state index >= 15 is 0 Å². The second-order valence-electron chi connectivity index (χ2n) is 5.83. The molecule has 0 aromatic carbocycles. The molecule has 6 heteroatoms. The minimum absolute atomic E-state index is 0.0615. The molecule has 0 atom stereocenters. The molecule has 2 heterocycles. The van der Waals surface area contributed by atoms with Gasteiger partial charge >= 0.3 is 0 Å². The summed E-state index contributed by atoms with van der Waals surface area (Å²) in [6.45, 7) is 8.16. The van der Waals surface area contributed by atoms with E-state index in [1.807, 2.05) is 19.9 Å². The molecule has 1 N–H and O–H groups in total. The quantitative estimate of drug-likeness (QED) is 0.474. The van der Waals surface area contributed by atoms with Gasteiger partial charge in [0.05, 0.1) is 5.75 Å². The SMILES string of the molecule is Cc1cc(C)nc(SCC(=O)NCCCN2CCCCC2)n1. The Labute approximate surface area is 137 Å². The largest absolute Gasteiger partial charge is 0.355 e. The van der Waals surface area contributed by atoms with Gasteiger partial charge in [-0.25, -0.2) is 9.97 Å². The number of likely N-dealkylation sites (tertiary alicyclic amines) is 1. The number of nitrogens with one attached hydrogen (secondary N) is 1. The Balaban J connectivity index is 1.59. The second-order valence-corrected chi connectivity index (χ2v) is 6.77. The smallest absolute Gasteiger partial charge is 0.230 e. The zero-order valence-corrected chi connectivity index (χ0v) is 14.4. The summed E-state index contributed by atoms with van der Waals surface area (Å²) in [7, 11) is 0. The highest BCUT2D eigenvalue weighted by atomic mass is 32.2. The van der Waals surface area contributed by atoms with E-state index in [1.54, 1.807) is 0 Å². The zero-order valence-electron chi connectivity index (χ0n) is 13.6. The minimum Gasteiger partial charge on any atom is -0.355 e. The van der Waals surface area contributed by atoms with Crippen molar-refractivity contribution >= 4 is 17.7 Å². The minimum atomic E-state index is 0.0615. The number of rotatable bonds is 7. The Kier molecular flexibility index (Phi) is 7.12. The van der Waals surface area contributed by atoms with Crippen molar-refractivity contribution in [1.82, 2.24) is 20.2 Å². The Morgan fingerprint density at radius 1 is 1.23 bits per heavy atom. The summed E-state index contributed by atoms with van der Waals surface area (Å²) in [5.74, 6) is 0.443. The molecule has 2 rings (SSSR count). The summed E-state index contributed by atoms with van der Waals surface area (Å²) in [6, 6.07) is 1.94. The number of carbonyl (C=O) groups excluding carboxylic acids is 1. The number of amides is 1. The highest BCUT2D eigenvalue weighted by molar-refractivity contribution is 7.99. The van der Waals surface area contributed by atoms with Crippen molar-refractivity contribution in [2.24, 2.45) is 0 Å². The van der Waals surface area contributed by atoms with E-state index in [0.717, 1.165) is 30.9 Å². The summed E-state index contributed by atoms with van der Waals surface area (Å²) in [6.07, 6.45) is 5.03. The molecule has 0 spiro atoms. The number of carbonyl (C=O) groups is 1. The molecular weight excluding hydrogens is 296 g/mol. The van der Waals surface area contributed by atoms with E-state index in [-0.39, 0.29) is 5.91 Å². The fraction of sp³-hybridized carbons (Fsp3) is 0.688. The number of piperidine rings is 1. The van der Waals surface area contributed by atoms with Crippen LogP contribution >= 0.6 is 11.8 Å². The zero-order chi connectivity index (χ0) is 15.8. The van der Waals surface area contributed by atoms with Gasteiger partial charge in [-0.15, -0.1) is 0 Å². The highest BCUT2D eigenvalue weighted by Crippen LogP contribution is 2.13. The standard InChI is InChI=1S/C16H26N4OS/c1-13-11-14(2)19-16(18-13)22-12-15(21)17-7-6-10-20-8-4-3-5-9-20/h11H,3-10,12H2,1-2H3,(H,17,21). The Hall–Kier alpha value is -1.14. The van der Waals surface area contributed by atoms with Crippen LogP contribution < -0.4 is 5.32 Å². The van der Waals surface area contributed by atoms with Gasteiger partial charge in [0, 0.05) is 17.9 Å². The monoisotopic (exact) mass is 322 g/mol. The lowest BCUT2D eigenvalue weighted by molar-refractivity contribution is -0.118. The Morgan fingerprint density at radius 2 is 1.91 bits per heavy atom. The van der Waals surface area contributed by atoms with Crippen molar-refractivity contribution in [1.29, 1.82) is 0 Å². The normalized spacial score (nSPS) is 15.7. The maximum Gasteiger partial charge on any atom is 0.230 e. The molecule has 1 aliphatic rings. The van der Waals surface area contributed by atoms with E-state index in [0.29, 0.717) is 10.9 Å². The Bertz CT molecular complexity index is 469. The van der Waals surface area contributed by atoms with E-state index in [9.17, 15) is 4.79 Å². The van der Waals surface area contributed by atoms with Gasteiger partial charge in [0.15, 0.2) is 5.16 Å². The number of thioether (sulfide) groups is 1. The first-order chi connectivity index (χ1) is 10.6. The van der Waals surface area contributed by atoms with Crippen LogP contribution in [0.2, 0.25) is 0 Å². The van der Waals surface area contributed by atoms with Crippen LogP contribution in [0.5, 0.6) is 0 Å². The maximum absolute atomic E-state index is 11.8. The average Bonchev–Trinajstić information content (AvgIpc) is 2.50. The lowest BCUT2D eigenvalue weighted by Crippen LogP contribution is -2.33. The van der Waals surface area contributed by atoms with Crippen molar-refractivity contribution in [2.45, 2.75) is 44.7 Å². The van der Waals surface area contributed by atoms with Gasteiger partial charge in [-0.2, -0.15) is 0 Å². The molecule has 122 valence electrons. The summed E-state index contributed by atoms with van der Waals surface area (Å²) in [4.78, 5) is 23.0. The molecule has 1 fully saturated rings. The predicted octanol–water partition coefficient (Wildman–Crippen LogP) is 2.18. The highest BCUT2D eigenvalue weighted by Gasteiger charge is 2.10. The van der Waals surface area contributed by atoms with Crippen molar-refractivity contribution < 1.29 is 4.79 Å². The summed E-state index contributed by atoms with van der Waals surface area (Å²) in [5.41, 5.74) is 1.88.